The van der Waals surface area contributed by atoms with E-state index in [9.17, 15) is 15.0 Å². The van der Waals surface area contributed by atoms with Crippen LogP contribution in [-0.4, -0.2) is 28.3 Å². The van der Waals surface area contributed by atoms with Gasteiger partial charge in [-0.3, -0.25) is 4.79 Å². The van der Waals surface area contributed by atoms with E-state index in [1.807, 2.05) is 0 Å². The van der Waals surface area contributed by atoms with Gasteiger partial charge in [0.25, 0.3) is 0 Å². The minimum absolute atomic E-state index is 0.244. The maximum absolute atomic E-state index is 10.9. The topological polar surface area (TPSA) is 89.8 Å². The van der Waals surface area contributed by atoms with Gasteiger partial charge in [0.15, 0.2) is 11.5 Å². The number of benzene rings is 1. The second kappa shape index (κ2) is 4.36. The molecule has 0 aliphatic carbocycles. The first-order chi connectivity index (χ1) is 7.06. The van der Waals surface area contributed by atoms with E-state index in [4.69, 9.17) is 5.11 Å². The fourth-order valence-corrected chi connectivity index (χ4v) is 0.968. The lowest BCUT2D eigenvalue weighted by molar-refractivity contribution is -0.115. The third-order valence-corrected chi connectivity index (χ3v) is 1.82. The number of hydrogen-bond donors (Lipinski definition) is 4. The fourth-order valence-electron chi connectivity index (χ4n) is 0.968. The maximum Gasteiger partial charge on any atom is 0.243 e. The molecule has 0 aromatic heterocycles. The van der Waals surface area contributed by atoms with Crippen LogP contribution in [0.2, 0.25) is 0 Å². The molecule has 15 heavy (non-hydrogen) atoms. The Balaban J connectivity index is 3.02. The molecule has 1 amide bonds. The number of aromatic hydroxyl groups is 3. The zero-order valence-electron chi connectivity index (χ0n) is 8.06. The van der Waals surface area contributed by atoms with E-state index in [2.05, 4.69) is 5.32 Å². The molecule has 0 radical (unpaired) electrons. The van der Waals surface area contributed by atoms with E-state index in [0.717, 1.165) is 0 Å². The summed E-state index contributed by atoms with van der Waals surface area (Å²) in [5, 5.41) is 29.9. The third-order valence-electron chi connectivity index (χ3n) is 1.82. The van der Waals surface area contributed by atoms with Gasteiger partial charge in [0, 0.05) is 18.7 Å². The monoisotopic (exact) mass is 209 g/mol. The lowest BCUT2D eigenvalue weighted by atomic mass is 10.1. The number of phenols is 3. The van der Waals surface area contributed by atoms with Crippen molar-refractivity contribution in [1.29, 1.82) is 0 Å². The van der Waals surface area contributed by atoms with E-state index in [1.165, 1.54) is 31.3 Å². The molecule has 0 fully saturated rings. The summed E-state index contributed by atoms with van der Waals surface area (Å²) >= 11 is 0. The van der Waals surface area contributed by atoms with Crippen LogP contribution in [0, 0.1) is 0 Å². The summed E-state index contributed by atoms with van der Waals surface area (Å²) in [6.45, 7) is 0. The van der Waals surface area contributed by atoms with Gasteiger partial charge in [-0.1, -0.05) is 0 Å². The molecule has 1 aromatic carbocycles. The van der Waals surface area contributed by atoms with Crippen molar-refractivity contribution in [2.45, 2.75) is 0 Å². The van der Waals surface area contributed by atoms with Crippen LogP contribution < -0.4 is 5.32 Å². The average Bonchev–Trinajstić information content (AvgIpc) is 2.24. The van der Waals surface area contributed by atoms with Crippen LogP contribution in [0.1, 0.15) is 5.56 Å². The molecule has 0 aliphatic heterocycles. The number of amides is 1. The van der Waals surface area contributed by atoms with E-state index in [0.29, 0.717) is 0 Å². The van der Waals surface area contributed by atoms with Crippen LogP contribution in [0.25, 0.3) is 6.08 Å². The van der Waals surface area contributed by atoms with E-state index in [-0.39, 0.29) is 11.5 Å². The molecule has 1 aromatic rings. The van der Waals surface area contributed by atoms with Gasteiger partial charge in [0.05, 0.1) is 0 Å². The van der Waals surface area contributed by atoms with Gasteiger partial charge in [-0.25, -0.2) is 0 Å². The van der Waals surface area contributed by atoms with Gasteiger partial charge in [0.2, 0.25) is 11.7 Å². The number of carbonyl (C=O) groups excluding carboxylic acids is 1. The summed E-state index contributed by atoms with van der Waals surface area (Å²) in [5.74, 6) is -1.81. The molecule has 0 atom stereocenters. The highest BCUT2D eigenvalue weighted by molar-refractivity contribution is 5.92. The predicted molar refractivity (Wildman–Crippen MR) is 54.5 cm³/mol. The van der Waals surface area contributed by atoms with Gasteiger partial charge in [-0.15, -0.1) is 0 Å². The standard InChI is InChI=1S/C10H11NO4/c1-11-8(13)5-3-6-2-4-7(12)10(15)9(6)14/h2-5,12,14-15H,1H3,(H,11,13)/b5-3-. The van der Waals surface area contributed by atoms with Crippen LogP contribution in [-0.2, 0) is 4.79 Å². The van der Waals surface area contributed by atoms with Crippen molar-refractivity contribution < 1.29 is 20.1 Å². The Labute approximate surface area is 86.3 Å². The zero-order valence-corrected chi connectivity index (χ0v) is 8.06. The van der Waals surface area contributed by atoms with Gasteiger partial charge < -0.3 is 20.6 Å². The van der Waals surface area contributed by atoms with Crippen molar-refractivity contribution in [2.24, 2.45) is 0 Å². The number of likely N-dealkylation sites (N-methyl/N-ethyl adjacent to an activating group) is 1. The van der Waals surface area contributed by atoms with Crippen molar-refractivity contribution in [3.63, 3.8) is 0 Å². The molecule has 1 rings (SSSR count). The first kappa shape index (κ1) is 10.9. The van der Waals surface area contributed by atoms with Crippen LogP contribution in [0.4, 0.5) is 0 Å². The highest BCUT2D eigenvalue weighted by Gasteiger charge is 2.08. The summed E-state index contributed by atoms with van der Waals surface area (Å²) in [7, 11) is 1.47. The Morgan fingerprint density at radius 1 is 1.27 bits per heavy atom. The molecule has 4 N–H and O–H groups in total. The molecule has 0 saturated heterocycles. The van der Waals surface area contributed by atoms with E-state index >= 15 is 0 Å². The molecule has 0 spiro atoms. The lowest BCUT2D eigenvalue weighted by Crippen LogP contribution is -2.13. The van der Waals surface area contributed by atoms with E-state index in [1.54, 1.807) is 0 Å². The molecule has 0 bridgehead atoms. The fraction of sp³-hybridized carbons (Fsp3) is 0.100. The molecule has 0 saturated carbocycles. The van der Waals surface area contributed by atoms with Gasteiger partial charge in [-0.05, 0) is 18.2 Å². The Kier molecular flexibility index (Phi) is 3.17. The van der Waals surface area contributed by atoms with Crippen LogP contribution in [0.15, 0.2) is 18.2 Å². The molecular weight excluding hydrogens is 198 g/mol. The van der Waals surface area contributed by atoms with Crippen LogP contribution in [0.5, 0.6) is 17.2 Å². The van der Waals surface area contributed by atoms with E-state index < -0.39 is 17.2 Å². The Bertz CT molecular complexity index is 412. The molecular formula is C10H11NO4. The minimum atomic E-state index is -0.603. The number of phenolic OH excluding ortho intramolecular Hbond substituents is 3. The summed E-state index contributed by atoms with van der Waals surface area (Å²) < 4.78 is 0. The van der Waals surface area contributed by atoms with Gasteiger partial charge >= 0.3 is 0 Å². The summed E-state index contributed by atoms with van der Waals surface area (Å²) in [4.78, 5) is 10.9. The largest absolute Gasteiger partial charge is 0.504 e. The predicted octanol–water partition coefficient (Wildman–Crippen LogP) is 0.563. The number of hydrogen-bond acceptors (Lipinski definition) is 4. The lowest BCUT2D eigenvalue weighted by Gasteiger charge is -2.03. The summed E-state index contributed by atoms with van der Waals surface area (Å²) in [6, 6.07) is 2.60. The molecule has 5 heteroatoms. The van der Waals surface area contributed by atoms with Crippen molar-refractivity contribution in [3.8, 4) is 17.2 Å². The van der Waals surface area contributed by atoms with Crippen LogP contribution in [0.3, 0.4) is 0 Å². The first-order valence-electron chi connectivity index (χ1n) is 4.20. The summed E-state index contributed by atoms with van der Waals surface area (Å²) in [5.41, 5.74) is 0.244. The number of rotatable bonds is 2. The Morgan fingerprint density at radius 3 is 2.53 bits per heavy atom. The van der Waals surface area contributed by atoms with Crippen molar-refractivity contribution in [1.82, 2.24) is 5.32 Å². The minimum Gasteiger partial charge on any atom is -0.504 e. The average molecular weight is 209 g/mol. The third kappa shape index (κ3) is 2.40. The van der Waals surface area contributed by atoms with Gasteiger partial charge in [-0.2, -0.15) is 0 Å². The first-order valence-corrected chi connectivity index (χ1v) is 4.20. The second-order valence-electron chi connectivity index (χ2n) is 2.82. The second-order valence-corrected chi connectivity index (χ2v) is 2.82. The highest BCUT2D eigenvalue weighted by Crippen LogP contribution is 2.37. The van der Waals surface area contributed by atoms with Gasteiger partial charge in [0.1, 0.15) is 0 Å². The Hall–Kier alpha value is -2.17. The van der Waals surface area contributed by atoms with Crippen molar-refractivity contribution >= 4 is 12.0 Å². The SMILES string of the molecule is CNC(=O)/C=C\c1ccc(O)c(O)c1O. The zero-order chi connectivity index (χ0) is 11.4. The Morgan fingerprint density at radius 2 is 1.93 bits per heavy atom. The maximum atomic E-state index is 10.9. The van der Waals surface area contributed by atoms with Crippen molar-refractivity contribution in [2.75, 3.05) is 7.05 Å². The van der Waals surface area contributed by atoms with Crippen LogP contribution >= 0.6 is 0 Å². The number of nitrogens with one attached hydrogen (secondary N) is 1. The molecule has 5 nitrogen and oxygen atoms in total. The normalized spacial score (nSPS) is 10.5. The highest BCUT2D eigenvalue weighted by atomic mass is 16.3. The molecule has 0 aliphatic rings. The molecule has 0 unspecified atom stereocenters. The number of carbonyl (C=O) groups is 1. The smallest absolute Gasteiger partial charge is 0.243 e. The summed E-state index contributed by atoms with van der Waals surface area (Å²) in [6.07, 6.45) is 2.53. The quantitative estimate of drug-likeness (QED) is 0.423. The molecule has 80 valence electrons. The molecule has 0 heterocycles. The van der Waals surface area contributed by atoms with Crippen molar-refractivity contribution in [3.05, 3.63) is 23.8 Å².